The normalized spacial score (nSPS) is 16.9. The van der Waals surface area contributed by atoms with Crippen molar-refractivity contribution in [3.8, 4) is 0 Å². The van der Waals surface area contributed by atoms with Crippen LogP contribution in [0.5, 0.6) is 0 Å². The highest BCUT2D eigenvalue weighted by Gasteiger charge is 2.21. The van der Waals surface area contributed by atoms with Gasteiger partial charge in [-0.2, -0.15) is 0 Å². The van der Waals surface area contributed by atoms with E-state index in [4.69, 9.17) is 4.99 Å². The van der Waals surface area contributed by atoms with Crippen molar-refractivity contribution in [3.63, 3.8) is 0 Å². The highest BCUT2D eigenvalue weighted by Crippen LogP contribution is 2.11. The van der Waals surface area contributed by atoms with E-state index in [1.54, 1.807) is 0 Å². The molecule has 0 spiro atoms. The van der Waals surface area contributed by atoms with E-state index >= 15 is 0 Å². The van der Waals surface area contributed by atoms with E-state index in [1.165, 1.54) is 12.8 Å². The number of nitrogens with zero attached hydrogens (tertiary/aromatic N) is 2. The molecule has 0 unspecified atom stereocenters. The monoisotopic (exact) mass is 353 g/mol. The predicted molar refractivity (Wildman–Crippen MR) is 106 cm³/mol. The summed E-state index contributed by atoms with van der Waals surface area (Å²) in [6.45, 7) is 13.6. The smallest absolute Gasteiger partial charge is 0.234 e. The molecule has 6 heteroatoms. The van der Waals surface area contributed by atoms with Gasteiger partial charge in [-0.25, -0.2) is 0 Å². The fraction of sp³-hybridized carbons (Fsp3) is 0.895. The van der Waals surface area contributed by atoms with Crippen molar-refractivity contribution in [1.29, 1.82) is 0 Å². The molecular weight excluding hydrogens is 314 g/mol. The molecule has 0 saturated carbocycles. The number of amides is 1. The molecule has 0 aromatic rings. The minimum atomic E-state index is 0.147. The van der Waals surface area contributed by atoms with Gasteiger partial charge in [0.05, 0.1) is 6.54 Å². The Kier molecular flexibility index (Phi) is 11.3. The lowest BCUT2D eigenvalue weighted by molar-refractivity contribution is -0.122. The molecular formula is C19H39N5O. The molecule has 25 heavy (non-hydrogen) atoms. The van der Waals surface area contributed by atoms with Crippen LogP contribution >= 0.6 is 0 Å². The molecule has 0 aliphatic carbocycles. The zero-order valence-electron chi connectivity index (χ0n) is 16.7. The molecule has 0 atom stereocenters. The SMILES string of the molecule is CCCNC(=O)CN1CCC(NC(=NCC(CC)CC)NCC)CC1. The minimum Gasteiger partial charge on any atom is -0.357 e. The van der Waals surface area contributed by atoms with Crippen molar-refractivity contribution in [2.24, 2.45) is 10.9 Å². The van der Waals surface area contributed by atoms with Gasteiger partial charge in [0, 0.05) is 38.8 Å². The number of carbonyl (C=O) groups is 1. The molecule has 1 saturated heterocycles. The highest BCUT2D eigenvalue weighted by molar-refractivity contribution is 5.80. The Morgan fingerprint density at radius 1 is 1.12 bits per heavy atom. The van der Waals surface area contributed by atoms with E-state index in [0.29, 0.717) is 18.5 Å². The molecule has 0 aromatic heterocycles. The van der Waals surface area contributed by atoms with Crippen LogP contribution < -0.4 is 16.0 Å². The summed E-state index contributed by atoms with van der Waals surface area (Å²) < 4.78 is 0. The predicted octanol–water partition coefficient (Wildman–Crippen LogP) is 1.97. The van der Waals surface area contributed by atoms with E-state index < -0.39 is 0 Å². The molecule has 1 rings (SSSR count). The third kappa shape index (κ3) is 9.10. The van der Waals surface area contributed by atoms with Crippen LogP contribution in [0.2, 0.25) is 0 Å². The van der Waals surface area contributed by atoms with Crippen molar-refractivity contribution in [2.75, 3.05) is 39.3 Å². The van der Waals surface area contributed by atoms with Crippen molar-refractivity contribution >= 4 is 11.9 Å². The Morgan fingerprint density at radius 2 is 1.80 bits per heavy atom. The average molecular weight is 354 g/mol. The molecule has 146 valence electrons. The number of nitrogens with one attached hydrogen (secondary N) is 3. The first-order chi connectivity index (χ1) is 12.1. The van der Waals surface area contributed by atoms with Gasteiger partial charge in [0.1, 0.15) is 0 Å². The summed E-state index contributed by atoms with van der Waals surface area (Å²) in [7, 11) is 0. The van der Waals surface area contributed by atoms with Crippen molar-refractivity contribution in [2.45, 2.75) is 65.8 Å². The van der Waals surface area contributed by atoms with E-state index in [-0.39, 0.29) is 5.91 Å². The Bertz CT molecular complexity index is 387. The maximum atomic E-state index is 11.8. The molecule has 3 N–H and O–H groups in total. The van der Waals surface area contributed by atoms with Crippen LogP contribution in [-0.4, -0.2) is 62.1 Å². The molecule has 1 fully saturated rings. The lowest BCUT2D eigenvalue weighted by Gasteiger charge is -2.32. The van der Waals surface area contributed by atoms with Crippen LogP contribution in [0.1, 0.15) is 59.8 Å². The van der Waals surface area contributed by atoms with Crippen LogP contribution in [-0.2, 0) is 4.79 Å². The summed E-state index contributed by atoms with van der Waals surface area (Å²) in [5, 5.41) is 9.89. The number of carbonyl (C=O) groups excluding carboxylic acids is 1. The first-order valence-electron chi connectivity index (χ1n) is 10.2. The lowest BCUT2D eigenvalue weighted by Crippen LogP contribution is -2.50. The lowest BCUT2D eigenvalue weighted by atomic mass is 10.0. The average Bonchev–Trinajstić information content (AvgIpc) is 2.62. The molecule has 1 aliphatic rings. The fourth-order valence-corrected chi connectivity index (χ4v) is 3.04. The van der Waals surface area contributed by atoms with Crippen molar-refractivity contribution in [3.05, 3.63) is 0 Å². The summed E-state index contributed by atoms with van der Waals surface area (Å²) in [4.78, 5) is 18.8. The van der Waals surface area contributed by atoms with Crippen LogP contribution in [0, 0.1) is 5.92 Å². The van der Waals surface area contributed by atoms with E-state index in [1.807, 2.05) is 0 Å². The second-order valence-corrected chi connectivity index (χ2v) is 6.95. The third-order valence-corrected chi connectivity index (χ3v) is 4.87. The van der Waals surface area contributed by atoms with Crippen LogP contribution in [0.15, 0.2) is 4.99 Å². The summed E-state index contributed by atoms with van der Waals surface area (Å²) in [5.74, 6) is 1.75. The summed E-state index contributed by atoms with van der Waals surface area (Å²) >= 11 is 0. The van der Waals surface area contributed by atoms with Gasteiger partial charge in [-0.15, -0.1) is 0 Å². The number of aliphatic imine (C=N–C) groups is 1. The first kappa shape index (κ1) is 21.7. The van der Waals surface area contributed by atoms with E-state index in [9.17, 15) is 4.79 Å². The number of piperidine rings is 1. The quantitative estimate of drug-likeness (QED) is 0.415. The van der Waals surface area contributed by atoms with Gasteiger partial charge in [0.2, 0.25) is 5.91 Å². The largest absolute Gasteiger partial charge is 0.357 e. The topological polar surface area (TPSA) is 68.8 Å². The van der Waals surface area contributed by atoms with Crippen LogP contribution in [0.3, 0.4) is 0 Å². The van der Waals surface area contributed by atoms with Gasteiger partial charge in [-0.1, -0.05) is 33.6 Å². The Labute approximate surface area is 154 Å². The number of likely N-dealkylation sites (tertiary alicyclic amines) is 1. The maximum Gasteiger partial charge on any atom is 0.234 e. The van der Waals surface area contributed by atoms with Gasteiger partial charge in [0.15, 0.2) is 5.96 Å². The number of hydrogen-bond donors (Lipinski definition) is 3. The maximum absolute atomic E-state index is 11.8. The Hall–Kier alpha value is -1.30. The van der Waals surface area contributed by atoms with Crippen LogP contribution in [0.4, 0.5) is 0 Å². The van der Waals surface area contributed by atoms with E-state index in [2.05, 4.69) is 48.5 Å². The molecule has 1 amide bonds. The van der Waals surface area contributed by atoms with Gasteiger partial charge in [-0.05, 0) is 32.1 Å². The van der Waals surface area contributed by atoms with E-state index in [0.717, 1.165) is 57.9 Å². The summed E-state index contributed by atoms with van der Waals surface area (Å²) in [6, 6.07) is 0.439. The second-order valence-electron chi connectivity index (χ2n) is 6.95. The van der Waals surface area contributed by atoms with Crippen molar-refractivity contribution in [1.82, 2.24) is 20.9 Å². The summed E-state index contributed by atoms with van der Waals surface area (Å²) in [6.07, 6.45) is 5.45. The van der Waals surface area contributed by atoms with Gasteiger partial charge in [-0.3, -0.25) is 14.7 Å². The molecule has 0 radical (unpaired) electrons. The Balaban J connectivity index is 2.38. The Morgan fingerprint density at radius 3 is 2.36 bits per heavy atom. The zero-order valence-corrected chi connectivity index (χ0v) is 16.7. The van der Waals surface area contributed by atoms with Gasteiger partial charge < -0.3 is 16.0 Å². The third-order valence-electron chi connectivity index (χ3n) is 4.87. The van der Waals surface area contributed by atoms with Gasteiger partial charge in [0.25, 0.3) is 0 Å². The van der Waals surface area contributed by atoms with Gasteiger partial charge >= 0.3 is 0 Å². The minimum absolute atomic E-state index is 0.147. The number of guanidine groups is 1. The molecule has 0 bridgehead atoms. The summed E-state index contributed by atoms with van der Waals surface area (Å²) in [5.41, 5.74) is 0. The van der Waals surface area contributed by atoms with Crippen molar-refractivity contribution < 1.29 is 4.79 Å². The first-order valence-corrected chi connectivity index (χ1v) is 10.2. The highest BCUT2D eigenvalue weighted by atomic mass is 16.2. The zero-order chi connectivity index (χ0) is 18.5. The molecule has 1 aliphatic heterocycles. The molecule has 6 nitrogen and oxygen atoms in total. The molecule has 0 aromatic carbocycles. The fourth-order valence-electron chi connectivity index (χ4n) is 3.04. The molecule has 1 heterocycles. The number of rotatable bonds is 10. The standard InChI is InChI=1S/C19H39N5O/c1-5-11-21-18(25)15-24-12-9-17(10-13-24)23-19(20-8-4)22-14-16(6-2)7-3/h16-17H,5-15H2,1-4H3,(H,21,25)(H2,20,22,23). The second kappa shape index (κ2) is 13.0. The number of hydrogen-bond acceptors (Lipinski definition) is 3. The van der Waals surface area contributed by atoms with Crippen LogP contribution in [0.25, 0.3) is 0 Å².